The fourth-order valence-corrected chi connectivity index (χ4v) is 12.8. The molecule has 3 N–H and O–H groups in total. The second-order valence-electron chi connectivity index (χ2n) is 26.3. The Bertz CT molecular complexity index is 1760. The summed E-state index contributed by atoms with van der Waals surface area (Å²) in [7, 11) is -9.89. The largest absolute Gasteiger partial charge is 0.472 e. The Morgan fingerprint density at radius 3 is 0.641 bits per heavy atom. The van der Waals surface area contributed by atoms with Crippen LogP contribution in [0.4, 0.5) is 0 Å². The molecule has 0 radical (unpaired) electrons. The lowest BCUT2D eigenvalue weighted by molar-refractivity contribution is -0.161. The van der Waals surface area contributed by atoms with Crippen molar-refractivity contribution in [3.63, 3.8) is 0 Å². The van der Waals surface area contributed by atoms with E-state index in [1.165, 1.54) is 205 Å². The first-order chi connectivity index (χ1) is 44.7. The van der Waals surface area contributed by atoms with Crippen molar-refractivity contribution in [2.24, 2.45) is 0 Å². The Balaban J connectivity index is 5.12. The summed E-state index contributed by atoms with van der Waals surface area (Å²) in [4.78, 5) is 72.4. The number of esters is 4. The average Bonchev–Trinajstić information content (AvgIpc) is 2.50. The molecule has 0 saturated carbocycles. The molecule has 0 amide bonds. The highest BCUT2D eigenvalue weighted by atomic mass is 31.2. The molecule has 0 aromatic carbocycles. The van der Waals surface area contributed by atoms with Gasteiger partial charge in [-0.05, 0) is 25.7 Å². The van der Waals surface area contributed by atoms with Crippen LogP contribution in [0.3, 0.4) is 0 Å². The van der Waals surface area contributed by atoms with Crippen LogP contribution in [-0.2, 0) is 65.4 Å². The van der Waals surface area contributed by atoms with E-state index in [9.17, 15) is 43.2 Å². The quantitative estimate of drug-likeness (QED) is 0.0222. The molecular formula is C73H142O17P2. The zero-order valence-corrected chi connectivity index (χ0v) is 61.3. The van der Waals surface area contributed by atoms with Gasteiger partial charge in [0.2, 0.25) is 0 Å². The highest BCUT2D eigenvalue weighted by Crippen LogP contribution is 2.45. The SMILES string of the molecule is CCCCCCCCCCCCCCCCCCCCCCCCC(=O)O[C@H](COC(=O)CCCCCCCCCCCCCCC)COP(=O)(O)OC[C@@H](O)COP(=O)(O)OC[C@@H](COC(=O)CCCCCCCCC)OC(=O)CCCCCCCCCCCC. The molecule has 0 fully saturated rings. The first-order valence-electron chi connectivity index (χ1n) is 38.3. The van der Waals surface area contributed by atoms with Crippen molar-refractivity contribution in [3.05, 3.63) is 0 Å². The monoisotopic (exact) mass is 1350 g/mol. The number of aliphatic hydroxyl groups is 1. The van der Waals surface area contributed by atoms with E-state index in [1.807, 2.05) is 0 Å². The summed E-state index contributed by atoms with van der Waals surface area (Å²) >= 11 is 0. The maximum absolute atomic E-state index is 13.1. The summed E-state index contributed by atoms with van der Waals surface area (Å²) in [6.07, 6.45) is 57.1. The number of carbonyl (C=O) groups excluding carboxylic acids is 4. The Labute approximate surface area is 562 Å². The number of phosphoric ester groups is 2. The molecule has 0 rings (SSSR count). The molecule has 0 aromatic heterocycles. The molecule has 0 aliphatic heterocycles. The van der Waals surface area contributed by atoms with Crippen LogP contribution in [0, 0.1) is 0 Å². The van der Waals surface area contributed by atoms with Crippen molar-refractivity contribution in [2.45, 2.75) is 406 Å². The van der Waals surface area contributed by atoms with Crippen molar-refractivity contribution in [2.75, 3.05) is 39.6 Å². The molecule has 0 heterocycles. The molecule has 546 valence electrons. The van der Waals surface area contributed by atoms with E-state index in [0.717, 1.165) is 103 Å². The van der Waals surface area contributed by atoms with Crippen LogP contribution < -0.4 is 0 Å². The lowest BCUT2D eigenvalue weighted by Gasteiger charge is -2.21. The van der Waals surface area contributed by atoms with E-state index < -0.39 is 97.5 Å². The number of hydrogen-bond acceptors (Lipinski definition) is 15. The van der Waals surface area contributed by atoms with Gasteiger partial charge in [0.1, 0.15) is 19.3 Å². The third-order valence-corrected chi connectivity index (χ3v) is 19.0. The zero-order valence-electron chi connectivity index (χ0n) is 59.5. The molecule has 0 bridgehead atoms. The van der Waals surface area contributed by atoms with Crippen LogP contribution >= 0.6 is 15.6 Å². The number of phosphoric acid groups is 2. The van der Waals surface area contributed by atoms with Gasteiger partial charge in [-0.25, -0.2) is 9.13 Å². The van der Waals surface area contributed by atoms with Gasteiger partial charge in [-0.2, -0.15) is 0 Å². The fraction of sp³-hybridized carbons (Fsp3) is 0.945. The van der Waals surface area contributed by atoms with Gasteiger partial charge in [0.25, 0.3) is 0 Å². The van der Waals surface area contributed by atoms with Crippen LogP contribution in [0.25, 0.3) is 0 Å². The second kappa shape index (κ2) is 67.6. The predicted octanol–water partition coefficient (Wildman–Crippen LogP) is 21.4. The third kappa shape index (κ3) is 66.7. The van der Waals surface area contributed by atoms with Crippen molar-refractivity contribution in [1.82, 2.24) is 0 Å². The minimum Gasteiger partial charge on any atom is -0.462 e. The number of unbranched alkanes of at least 4 members (excludes halogenated alkanes) is 48. The average molecular weight is 1350 g/mol. The first-order valence-corrected chi connectivity index (χ1v) is 41.3. The number of ether oxygens (including phenoxy) is 4. The van der Waals surface area contributed by atoms with Crippen LogP contribution in [0.2, 0.25) is 0 Å². The molecule has 5 atom stereocenters. The smallest absolute Gasteiger partial charge is 0.462 e. The van der Waals surface area contributed by atoms with Crippen LogP contribution in [0.1, 0.15) is 387 Å². The third-order valence-electron chi connectivity index (χ3n) is 17.1. The van der Waals surface area contributed by atoms with Crippen LogP contribution in [0.5, 0.6) is 0 Å². The molecule has 0 spiro atoms. The number of hydrogen-bond donors (Lipinski definition) is 3. The molecule has 17 nitrogen and oxygen atoms in total. The van der Waals surface area contributed by atoms with Crippen molar-refractivity contribution < 1.29 is 80.2 Å². The summed E-state index contributed by atoms with van der Waals surface area (Å²) in [5.74, 6) is -2.12. The zero-order chi connectivity index (χ0) is 67.5. The molecule has 19 heteroatoms. The van der Waals surface area contributed by atoms with Gasteiger partial charge in [-0.1, -0.05) is 336 Å². The molecule has 0 aromatic rings. The summed E-state index contributed by atoms with van der Waals surface area (Å²) < 4.78 is 68.2. The van der Waals surface area contributed by atoms with Gasteiger partial charge in [-0.3, -0.25) is 37.3 Å². The minimum absolute atomic E-state index is 0.107. The number of carbonyl (C=O) groups is 4. The summed E-state index contributed by atoms with van der Waals surface area (Å²) in [5, 5.41) is 10.6. The second-order valence-corrected chi connectivity index (χ2v) is 29.2. The van der Waals surface area contributed by atoms with Crippen molar-refractivity contribution >= 4 is 39.5 Å². The Kier molecular flexibility index (Phi) is 66.2. The van der Waals surface area contributed by atoms with E-state index in [4.69, 9.17) is 37.0 Å². The lowest BCUT2D eigenvalue weighted by atomic mass is 10.0. The van der Waals surface area contributed by atoms with Gasteiger partial charge < -0.3 is 33.8 Å². The summed E-state index contributed by atoms with van der Waals surface area (Å²) in [6, 6.07) is 0. The van der Waals surface area contributed by atoms with E-state index >= 15 is 0 Å². The molecule has 0 aliphatic carbocycles. The predicted molar refractivity (Wildman–Crippen MR) is 372 cm³/mol. The molecule has 2 unspecified atom stereocenters. The van der Waals surface area contributed by atoms with E-state index in [0.29, 0.717) is 25.7 Å². The van der Waals surface area contributed by atoms with Crippen molar-refractivity contribution in [1.29, 1.82) is 0 Å². The number of rotatable bonds is 74. The molecular weight excluding hydrogens is 1210 g/mol. The Morgan fingerprint density at radius 2 is 0.435 bits per heavy atom. The van der Waals surface area contributed by atoms with Gasteiger partial charge in [0.05, 0.1) is 26.4 Å². The summed E-state index contributed by atoms with van der Waals surface area (Å²) in [6.45, 7) is 4.91. The lowest BCUT2D eigenvalue weighted by Crippen LogP contribution is -2.30. The normalized spacial score (nSPS) is 13.9. The minimum atomic E-state index is -4.95. The van der Waals surface area contributed by atoms with Crippen LogP contribution in [-0.4, -0.2) is 96.7 Å². The molecule has 92 heavy (non-hydrogen) atoms. The maximum atomic E-state index is 13.1. The molecule has 0 aliphatic rings. The van der Waals surface area contributed by atoms with E-state index in [1.54, 1.807) is 0 Å². The molecule has 0 saturated heterocycles. The van der Waals surface area contributed by atoms with Gasteiger partial charge in [0, 0.05) is 25.7 Å². The van der Waals surface area contributed by atoms with E-state index in [2.05, 4.69) is 27.7 Å². The highest BCUT2D eigenvalue weighted by Gasteiger charge is 2.30. The standard InChI is InChI=1S/C73H142O17P2/c1-5-9-13-17-21-24-27-29-30-31-32-33-34-35-36-37-39-41-44-48-52-56-60-73(78)90-69(64-84-71(76)58-54-50-46-43-40-38-28-25-22-18-14-10-6-2)66-88-92(81,82)86-62-67(74)61-85-91(79,80)87-65-68(63-83-70(75)57-53-49-45-20-16-12-8-4)89-72(77)59-55-51-47-42-26-23-19-15-11-7-3/h67-69,74H,5-66H2,1-4H3,(H,79,80)(H,81,82)/t67-,68+,69+/m0/s1. The highest BCUT2D eigenvalue weighted by molar-refractivity contribution is 7.47. The number of aliphatic hydroxyl groups excluding tert-OH is 1. The van der Waals surface area contributed by atoms with Crippen LogP contribution in [0.15, 0.2) is 0 Å². The van der Waals surface area contributed by atoms with Gasteiger partial charge in [0.15, 0.2) is 12.2 Å². The fourth-order valence-electron chi connectivity index (χ4n) is 11.2. The van der Waals surface area contributed by atoms with Gasteiger partial charge in [-0.15, -0.1) is 0 Å². The van der Waals surface area contributed by atoms with Crippen molar-refractivity contribution in [3.8, 4) is 0 Å². The first kappa shape index (κ1) is 90.1. The Hall–Kier alpha value is -1.94. The topological polar surface area (TPSA) is 237 Å². The van der Waals surface area contributed by atoms with Gasteiger partial charge >= 0.3 is 39.5 Å². The summed E-state index contributed by atoms with van der Waals surface area (Å²) in [5.41, 5.74) is 0. The Morgan fingerprint density at radius 1 is 0.261 bits per heavy atom. The maximum Gasteiger partial charge on any atom is 0.472 e. The van der Waals surface area contributed by atoms with E-state index in [-0.39, 0.29) is 25.7 Å².